The normalized spacial score (nSPS) is 11.7. The van der Waals surface area contributed by atoms with Gasteiger partial charge in [0.2, 0.25) is 0 Å². The largest absolute Gasteiger partial charge is 0.480 e. The number of nitrogens with zero attached hydrogens (tertiary/aromatic N) is 7. The highest BCUT2D eigenvalue weighted by Crippen LogP contribution is 2.29. The SMILES string of the molecule is CC(N)=NCCc1cn(-c2ccc(C[C@H](NC(=O)c3c(Cl)cccc3Cl)C(=O)O)cc2)nn1.CSc1ccccc1C(=O)N[C@@H](Cc1ccc(CC(=O)CCCNc2ccccn2)cc1)C(=O)O.Cc1ccnc(NCCCC(=O)Cc2ccc(C[C@H](NC(=O)c3c(Cl)cccc3Cl)C(=O)O)cc2)c1.O=C(CCCNc1ccccn1)Cc1ccc(C[C@H](NC(=O)c2cccc(-c3ccccc3)c2)C(=O)O)cc1. The van der Waals surface area contributed by atoms with Crippen LogP contribution in [-0.4, -0.2) is 178 Å². The van der Waals surface area contributed by atoms with Crippen molar-refractivity contribution in [3.63, 3.8) is 0 Å². The number of nitrogens with one attached hydrogen (secondary N) is 7. The monoisotopic (exact) mass is 2030 g/mol. The van der Waals surface area contributed by atoms with E-state index in [1.54, 1.807) is 127 Å². The molecule has 4 amide bonds. The molecule has 0 saturated carbocycles. The van der Waals surface area contributed by atoms with Crippen molar-refractivity contribution in [1.82, 2.24) is 51.2 Å². The maximum Gasteiger partial charge on any atom is 0.326 e. The molecule has 0 aliphatic carbocycles. The molecule has 0 unspecified atom stereocenters. The minimum absolute atomic E-state index is 0.0336. The summed E-state index contributed by atoms with van der Waals surface area (Å²) in [7, 11) is 0. The Morgan fingerprint density at radius 1 is 0.406 bits per heavy atom. The molecule has 143 heavy (non-hydrogen) atoms. The van der Waals surface area contributed by atoms with Crippen LogP contribution in [0.15, 0.2) is 296 Å². The number of carboxylic acids is 4. The molecule has 740 valence electrons. The third-order valence-corrected chi connectivity index (χ3v) is 24.0. The molecule has 30 nitrogen and oxygen atoms in total. The summed E-state index contributed by atoms with van der Waals surface area (Å²) >= 11 is 25.6. The van der Waals surface area contributed by atoms with Crippen LogP contribution in [0, 0.1) is 6.92 Å². The van der Waals surface area contributed by atoms with Gasteiger partial charge in [-0.25, -0.2) is 38.8 Å². The van der Waals surface area contributed by atoms with Crippen molar-refractivity contribution >= 4 is 146 Å². The molecule has 0 fully saturated rings. The quantitative estimate of drug-likeness (QED) is 0.00729. The van der Waals surface area contributed by atoms with E-state index in [0.717, 1.165) is 78.2 Å². The number of halogens is 4. The van der Waals surface area contributed by atoms with Gasteiger partial charge in [-0.2, -0.15) is 0 Å². The molecular weight excluding hydrogens is 1920 g/mol. The van der Waals surface area contributed by atoms with Crippen LogP contribution in [0.1, 0.15) is 137 Å². The Labute approximate surface area is 851 Å². The van der Waals surface area contributed by atoms with Gasteiger partial charge < -0.3 is 63.4 Å². The Balaban J connectivity index is 0.000000196. The molecule has 0 spiro atoms. The first-order valence-electron chi connectivity index (χ1n) is 45.7. The number of amides is 4. The second-order valence-corrected chi connectivity index (χ2v) is 35.5. The molecule has 0 saturated heterocycles. The Kier molecular flexibility index (Phi) is 44.1. The van der Waals surface area contributed by atoms with Crippen LogP contribution in [0.25, 0.3) is 16.8 Å². The fourth-order valence-corrected chi connectivity index (χ4v) is 16.2. The first-order chi connectivity index (χ1) is 68.9. The standard InChI is InChI=1S/C32H31N3O4.C27H27Cl2N3O4.C27H29N3O4S.C22H22Cl2N6O3/c36-28(12-7-19-34-30-13-4-5-18-33-30)20-23-14-16-24(17-15-23)21-29(32(38)39)35-31(37)27-11-6-10-26(22-27)25-8-2-1-3-9-25;1-17-11-13-31-24(14-17)30-12-3-4-20(33)15-18-7-9-19(10-8-18)16-23(27(35)36)32-26(34)25-21(28)5-2-6-22(25)29;1-35-24-9-3-2-8-22(24)26(32)30-23(27(33)34)18-20-13-11-19(12-14-20)17-21(31)7-6-16-29-25-10-4-5-15-28-25;1-13(25)26-10-9-15-12-30(29-28-15)16-7-5-14(6-8-16)11-19(22(32)33)27-21(31)20-17(23)3-2-4-18(20)24/h1-6,8-11,13-18,22,29H,7,12,19-21H2,(H,33,34)(H,35,37)(H,38,39);2,5-11,13-14,23H,3-4,12,15-16H2,1H3,(H,30,31)(H,32,34)(H,35,36);2-5,8-15,23H,6-7,16-18H2,1H3,(H,28,29)(H,30,32)(H,33,34);2-8,12,19H,9-11H2,1H3,(H2,25,26)(H,27,31)(H,32,33)/t29-;2*23-;19-/m0000/s1. The fourth-order valence-electron chi connectivity index (χ4n) is 14.5. The predicted molar refractivity (Wildman–Crippen MR) is 557 cm³/mol. The number of hydrogen-bond acceptors (Lipinski definition) is 21. The minimum Gasteiger partial charge on any atom is -0.480 e. The molecule has 35 heteroatoms. The number of aliphatic carboxylic acids is 4. The molecule has 4 heterocycles. The van der Waals surface area contributed by atoms with Gasteiger partial charge in [-0.15, -0.1) is 16.9 Å². The molecular formula is C108H109Cl4N15O15S. The summed E-state index contributed by atoms with van der Waals surface area (Å²) in [5.74, 6) is -3.44. The van der Waals surface area contributed by atoms with Crippen molar-refractivity contribution in [3.05, 3.63) is 378 Å². The number of aromatic nitrogens is 6. The zero-order chi connectivity index (χ0) is 103. The molecule has 0 aliphatic rings. The summed E-state index contributed by atoms with van der Waals surface area (Å²) in [6.45, 7) is 6.25. The Morgan fingerprint density at radius 2 is 0.783 bits per heavy atom. The predicted octanol–water partition coefficient (Wildman–Crippen LogP) is 17.5. The Morgan fingerprint density at radius 3 is 1.20 bits per heavy atom. The van der Waals surface area contributed by atoms with Crippen LogP contribution < -0.4 is 43.0 Å². The lowest BCUT2D eigenvalue weighted by atomic mass is 10.00. The number of carbonyl (C=O) groups is 11. The first-order valence-corrected chi connectivity index (χ1v) is 48.5. The van der Waals surface area contributed by atoms with Crippen LogP contribution in [0.4, 0.5) is 17.5 Å². The Bertz CT molecular complexity index is 6450. The van der Waals surface area contributed by atoms with E-state index >= 15 is 0 Å². The van der Waals surface area contributed by atoms with Crippen LogP contribution in [-0.2, 0) is 84.9 Å². The highest BCUT2D eigenvalue weighted by Gasteiger charge is 2.29. The number of carbonyl (C=O) groups excluding carboxylic acids is 7. The molecule has 4 atom stereocenters. The van der Waals surface area contributed by atoms with Gasteiger partial charge in [0.15, 0.2) is 0 Å². The lowest BCUT2D eigenvalue weighted by Gasteiger charge is -2.16. The number of ketones is 3. The van der Waals surface area contributed by atoms with Crippen molar-refractivity contribution in [2.75, 3.05) is 48.4 Å². The lowest BCUT2D eigenvalue weighted by molar-refractivity contribution is -0.140. The second kappa shape index (κ2) is 57.4. The number of anilines is 3. The topological polar surface area (TPSA) is 461 Å². The number of aliphatic imine (C=N–C) groups is 1. The van der Waals surface area contributed by atoms with Crippen molar-refractivity contribution in [2.24, 2.45) is 10.7 Å². The van der Waals surface area contributed by atoms with Crippen LogP contribution in [0.2, 0.25) is 20.1 Å². The van der Waals surface area contributed by atoms with Gasteiger partial charge in [0.1, 0.15) is 59.0 Å². The molecule has 0 radical (unpaired) electrons. The molecule has 13 N–H and O–H groups in total. The van der Waals surface area contributed by atoms with Crippen molar-refractivity contribution in [1.29, 1.82) is 0 Å². The van der Waals surface area contributed by atoms with Gasteiger partial charge in [-0.3, -0.25) is 38.6 Å². The maximum absolute atomic E-state index is 12.9. The summed E-state index contributed by atoms with van der Waals surface area (Å²) in [6, 6.07) is 72.6. The summed E-state index contributed by atoms with van der Waals surface area (Å²) < 4.78 is 1.62. The third-order valence-electron chi connectivity index (χ3n) is 21.9. The summed E-state index contributed by atoms with van der Waals surface area (Å²) in [4.78, 5) is 152. The van der Waals surface area contributed by atoms with Crippen LogP contribution in [0.5, 0.6) is 0 Å². The average Bonchev–Trinajstić information content (AvgIpc) is 1.66. The van der Waals surface area contributed by atoms with Crippen LogP contribution in [0.3, 0.4) is 0 Å². The number of aryl methyl sites for hydroxylation is 1. The number of Topliss-reactive ketones (excluding diaryl/α,β-unsaturated/α-hetero) is 3. The van der Waals surface area contributed by atoms with E-state index in [9.17, 15) is 73.2 Å². The fraction of sp³-hybridized carbons (Fsp3) is 0.231. The average molecular weight is 2030 g/mol. The van der Waals surface area contributed by atoms with Gasteiger partial charge in [0, 0.05) is 126 Å². The third kappa shape index (κ3) is 37.4. The zero-order valence-electron chi connectivity index (χ0n) is 78.6. The molecule has 13 aromatic rings. The van der Waals surface area contributed by atoms with E-state index < -0.39 is 71.7 Å². The number of carboxylic acid groups (broad SMARTS) is 4. The number of hydrogen-bond donors (Lipinski definition) is 12. The summed E-state index contributed by atoms with van der Waals surface area (Å²) in [5.41, 5.74) is 16.5. The first kappa shape index (κ1) is 110. The van der Waals surface area contributed by atoms with E-state index in [0.29, 0.717) is 118 Å². The molecule has 0 aliphatic heterocycles. The van der Waals surface area contributed by atoms with E-state index in [2.05, 4.69) is 67.5 Å². The number of pyridine rings is 3. The van der Waals surface area contributed by atoms with Crippen molar-refractivity contribution in [2.45, 2.75) is 133 Å². The lowest BCUT2D eigenvalue weighted by Crippen LogP contribution is -2.42. The zero-order valence-corrected chi connectivity index (χ0v) is 82.4. The summed E-state index contributed by atoms with van der Waals surface area (Å²) in [5, 5.41) is 67.2. The number of benzene rings is 9. The van der Waals surface area contributed by atoms with E-state index in [1.807, 2.05) is 159 Å². The molecule has 0 bridgehead atoms. The van der Waals surface area contributed by atoms with E-state index in [-0.39, 0.29) is 74.3 Å². The minimum atomic E-state index is -1.18. The van der Waals surface area contributed by atoms with Gasteiger partial charge in [-0.05, 0) is 192 Å². The van der Waals surface area contributed by atoms with E-state index in [4.69, 9.17) is 52.1 Å². The highest BCUT2D eigenvalue weighted by molar-refractivity contribution is 7.98. The summed E-state index contributed by atoms with van der Waals surface area (Å²) in [6.07, 6.45) is 14.3. The number of amidine groups is 1. The number of thioether (sulfide) groups is 1. The number of nitrogens with two attached hydrogens (primary N) is 1. The van der Waals surface area contributed by atoms with Crippen molar-refractivity contribution in [3.8, 4) is 16.8 Å². The molecule has 4 aromatic heterocycles. The molecule has 9 aromatic carbocycles. The number of rotatable bonds is 47. The highest BCUT2D eigenvalue weighted by atomic mass is 35.5. The second-order valence-electron chi connectivity index (χ2n) is 33.0. The van der Waals surface area contributed by atoms with Gasteiger partial charge in [-0.1, -0.05) is 215 Å². The molecule has 13 rings (SSSR count). The van der Waals surface area contributed by atoms with Crippen LogP contribution >= 0.6 is 58.2 Å². The van der Waals surface area contributed by atoms with E-state index in [1.165, 1.54) is 36.0 Å². The van der Waals surface area contributed by atoms with Gasteiger partial charge in [0.05, 0.1) is 60.2 Å². The van der Waals surface area contributed by atoms with Crippen molar-refractivity contribution < 1.29 is 73.2 Å². The smallest absolute Gasteiger partial charge is 0.326 e. The Hall–Kier alpha value is -15.3. The maximum atomic E-state index is 12.9. The van der Waals surface area contributed by atoms with Gasteiger partial charge >= 0.3 is 23.9 Å². The van der Waals surface area contributed by atoms with Gasteiger partial charge in [0.25, 0.3) is 23.6 Å².